The molecule has 0 saturated heterocycles. The van der Waals surface area contributed by atoms with Crippen LogP contribution < -0.4 is 9.30 Å². The standard InChI is InChI=1S/C19H17NO2/c1-12-7-15-11-20-6-5-13-8-16(21)3-4-17(13)18(20)9-14(15)10-19(12)22-2/h3-4,7-11H,5-6H2,1-2H3/p+1. The molecule has 3 aromatic rings. The second kappa shape index (κ2) is 4.73. The highest BCUT2D eigenvalue weighted by atomic mass is 16.5. The van der Waals surface area contributed by atoms with Crippen LogP contribution in [0.5, 0.6) is 11.5 Å². The van der Waals surface area contributed by atoms with Gasteiger partial charge in [0.15, 0.2) is 12.7 Å². The number of hydrogen-bond acceptors (Lipinski definition) is 2. The van der Waals surface area contributed by atoms with Crippen molar-refractivity contribution in [1.82, 2.24) is 0 Å². The molecule has 2 heterocycles. The van der Waals surface area contributed by atoms with E-state index in [4.69, 9.17) is 4.74 Å². The zero-order valence-corrected chi connectivity index (χ0v) is 12.8. The predicted octanol–water partition coefficient (Wildman–Crippen LogP) is 3.37. The second-order valence-corrected chi connectivity index (χ2v) is 5.89. The van der Waals surface area contributed by atoms with Crippen molar-refractivity contribution in [1.29, 1.82) is 0 Å². The third kappa shape index (κ3) is 1.93. The van der Waals surface area contributed by atoms with Gasteiger partial charge in [0.2, 0.25) is 5.69 Å². The van der Waals surface area contributed by atoms with Crippen LogP contribution in [0.3, 0.4) is 0 Å². The first-order chi connectivity index (χ1) is 10.7. The first kappa shape index (κ1) is 13.1. The smallest absolute Gasteiger partial charge is 0.213 e. The van der Waals surface area contributed by atoms with Crippen molar-refractivity contribution in [3.63, 3.8) is 0 Å². The molecule has 0 saturated carbocycles. The van der Waals surface area contributed by atoms with Crippen molar-refractivity contribution in [3.8, 4) is 22.8 Å². The molecule has 3 nitrogen and oxygen atoms in total. The van der Waals surface area contributed by atoms with Crippen molar-refractivity contribution >= 4 is 10.8 Å². The molecule has 3 heteroatoms. The first-order valence-corrected chi connectivity index (χ1v) is 7.50. The number of hydrogen-bond donors (Lipinski definition) is 1. The number of methoxy groups -OCH3 is 1. The fraction of sp³-hybridized carbons (Fsp3) is 0.211. The van der Waals surface area contributed by atoms with Gasteiger partial charge in [0.1, 0.15) is 11.5 Å². The summed E-state index contributed by atoms with van der Waals surface area (Å²) in [5.41, 5.74) is 4.75. The minimum Gasteiger partial charge on any atom is -0.508 e. The van der Waals surface area contributed by atoms with Gasteiger partial charge < -0.3 is 9.84 Å². The number of phenolic OH excluding ortho intramolecular Hbond substituents is 1. The number of rotatable bonds is 1. The molecule has 0 radical (unpaired) electrons. The normalized spacial score (nSPS) is 12.8. The van der Waals surface area contributed by atoms with Gasteiger partial charge in [0, 0.05) is 23.4 Å². The van der Waals surface area contributed by atoms with E-state index >= 15 is 0 Å². The summed E-state index contributed by atoms with van der Waals surface area (Å²) in [6, 6.07) is 12.1. The Hall–Kier alpha value is -2.55. The van der Waals surface area contributed by atoms with Crippen LogP contribution in [0.2, 0.25) is 0 Å². The van der Waals surface area contributed by atoms with Crippen LogP contribution in [0.1, 0.15) is 11.1 Å². The summed E-state index contributed by atoms with van der Waals surface area (Å²) in [5, 5.41) is 12.1. The van der Waals surface area contributed by atoms with Gasteiger partial charge >= 0.3 is 0 Å². The molecule has 0 fully saturated rings. The lowest BCUT2D eigenvalue weighted by atomic mass is 9.95. The Morgan fingerprint density at radius 1 is 1.09 bits per heavy atom. The number of aromatic nitrogens is 1. The number of aromatic hydroxyl groups is 1. The second-order valence-electron chi connectivity index (χ2n) is 5.89. The number of aryl methyl sites for hydroxylation is 3. The summed E-state index contributed by atoms with van der Waals surface area (Å²) in [6.07, 6.45) is 3.16. The largest absolute Gasteiger partial charge is 0.508 e. The van der Waals surface area contributed by atoms with E-state index in [1.54, 1.807) is 13.2 Å². The van der Waals surface area contributed by atoms with E-state index in [-0.39, 0.29) is 0 Å². The van der Waals surface area contributed by atoms with Crippen LogP contribution in [-0.2, 0) is 13.0 Å². The monoisotopic (exact) mass is 292 g/mol. The van der Waals surface area contributed by atoms with Crippen molar-refractivity contribution in [2.75, 3.05) is 7.11 Å². The highest BCUT2D eigenvalue weighted by molar-refractivity contribution is 5.86. The molecule has 1 aliphatic rings. The molecule has 22 heavy (non-hydrogen) atoms. The van der Waals surface area contributed by atoms with Gasteiger partial charge in [-0.3, -0.25) is 0 Å². The lowest BCUT2D eigenvalue weighted by molar-refractivity contribution is -0.686. The quantitative estimate of drug-likeness (QED) is 0.698. The fourth-order valence-electron chi connectivity index (χ4n) is 3.35. The molecule has 1 aliphatic heterocycles. The van der Waals surface area contributed by atoms with Gasteiger partial charge in [-0.05, 0) is 53.8 Å². The number of nitrogens with zero attached hydrogens (tertiary/aromatic N) is 1. The SMILES string of the molecule is COc1cc2cc3[n+](cc2cc1C)CCc1cc(O)ccc1-3. The van der Waals surface area contributed by atoms with Crippen LogP contribution >= 0.6 is 0 Å². The highest BCUT2D eigenvalue weighted by Crippen LogP contribution is 2.32. The molecular formula is C19H18NO2+. The van der Waals surface area contributed by atoms with Crippen LogP contribution in [-0.4, -0.2) is 12.2 Å². The Morgan fingerprint density at radius 2 is 1.95 bits per heavy atom. The van der Waals surface area contributed by atoms with Gasteiger partial charge in [-0.25, -0.2) is 0 Å². The Bertz CT molecular complexity index is 900. The molecule has 110 valence electrons. The molecule has 4 rings (SSSR count). The van der Waals surface area contributed by atoms with Gasteiger partial charge in [-0.2, -0.15) is 4.57 Å². The zero-order valence-electron chi connectivity index (χ0n) is 12.8. The van der Waals surface area contributed by atoms with Gasteiger partial charge in [-0.1, -0.05) is 0 Å². The van der Waals surface area contributed by atoms with Crippen molar-refractivity contribution < 1.29 is 14.4 Å². The number of ether oxygens (including phenoxy) is 1. The molecule has 1 N–H and O–H groups in total. The van der Waals surface area contributed by atoms with Crippen LogP contribution in [0.25, 0.3) is 22.0 Å². The number of benzene rings is 2. The summed E-state index contributed by atoms with van der Waals surface area (Å²) in [4.78, 5) is 0. The van der Waals surface area contributed by atoms with E-state index in [0.29, 0.717) is 5.75 Å². The summed E-state index contributed by atoms with van der Waals surface area (Å²) in [6.45, 7) is 3.01. The molecule has 0 spiro atoms. The lowest BCUT2D eigenvalue weighted by Gasteiger charge is -2.16. The Balaban J connectivity index is 1.98. The average molecular weight is 292 g/mol. The summed E-state index contributed by atoms with van der Waals surface area (Å²) in [7, 11) is 1.71. The Labute approximate surface area is 129 Å². The molecule has 0 bridgehead atoms. The zero-order chi connectivity index (χ0) is 15.3. The minimum atomic E-state index is 0.338. The predicted molar refractivity (Wildman–Crippen MR) is 86.2 cm³/mol. The van der Waals surface area contributed by atoms with Crippen LogP contribution in [0.4, 0.5) is 0 Å². The van der Waals surface area contributed by atoms with Gasteiger partial charge in [0.25, 0.3) is 0 Å². The summed E-state index contributed by atoms with van der Waals surface area (Å²) >= 11 is 0. The number of pyridine rings is 1. The molecular weight excluding hydrogens is 274 g/mol. The molecule has 1 aromatic heterocycles. The van der Waals surface area contributed by atoms with E-state index in [1.165, 1.54) is 27.6 Å². The van der Waals surface area contributed by atoms with E-state index in [0.717, 1.165) is 24.3 Å². The number of phenols is 1. The van der Waals surface area contributed by atoms with E-state index < -0.39 is 0 Å². The van der Waals surface area contributed by atoms with Gasteiger partial charge in [-0.15, -0.1) is 0 Å². The average Bonchev–Trinajstić information content (AvgIpc) is 2.52. The van der Waals surface area contributed by atoms with Gasteiger partial charge in [0.05, 0.1) is 7.11 Å². The molecule has 0 amide bonds. The van der Waals surface area contributed by atoms with Crippen molar-refractivity contribution in [2.24, 2.45) is 0 Å². The van der Waals surface area contributed by atoms with Crippen LogP contribution in [0.15, 0.2) is 42.6 Å². The van der Waals surface area contributed by atoms with Crippen molar-refractivity contribution in [3.05, 3.63) is 53.7 Å². The van der Waals surface area contributed by atoms with E-state index in [1.807, 2.05) is 12.1 Å². The molecule has 0 aliphatic carbocycles. The molecule has 2 aromatic carbocycles. The Morgan fingerprint density at radius 3 is 2.77 bits per heavy atom. The van der Waals surface area contributed by atoms with Crippen LogP contribution in [0, 0.1) is 6.92 Å². The lowest BCUT2D eigenvalue weighted by Crippen LogP contribution is -2.39. The topological polar surface area (TPSA) is 33.3 Å². The first-order valence-electron chi connectivity index (χ1n) is 7.50. The number of fused-ring (bicyclic) bond motifs is 4. The summed E-state index contributed by atoms with van der Waals surface area (Å²) in [5.74, 6) is 1.25. The fourth-order valence-corrected chi connectivity index (χ4v) is 3.35. The maximum atomic E-state index is 9.68. The third-order valence-electron chi connectivity index (χ3n) is 4.48. The van der Waals surface area contributed by atoms with E-state index in [9.17, 15) is 5.11 Å². The maximum Gasteiger partial charge on any atom is 0.213 e. The Kier molecular flexibility index (Phi) is 2.83. The van der Waals surface area contributed by atoms with E-state index in [2.05, 4.69) is 35.9 Å². The maximum absolute atomic E-state index is 9.68. The third-order valence-corrected chi connectivity index (χ3v) is 4.48. The molecule has 0 atom stereocenters. The van der Waals surface area contributed by atoms with Crippen molar-refractivity contribution in [2.45, 2.75) is 19.9 Å². The summed E-state index contributed by atoms with van der Waals surface area (Å²) < 4.78 is 7.74. The highest BCUT2D eigenvalue weighted by Gasteiger charge is 2.24. The minimum absolute atomic E-state index is 0.338. The molecule has 0 unspecified atom stereocenters.